The first-order valence-electron chi connectivity index (χ1n) is 9.39. The van der Waals surface area contributed by atoms with Crippen molar-refractivity contribution in [3.05, 3.63) is 18.3 Å². The largest absolute Gasteiger partial charge is 0.326 e. The Balaban J connectivity index is 1.76. The molecule has 1 aromatic heterocycles. The number of carbonyl (C=O) groups excluding carboxylic acids is 1. The fourth-order valence-corrected chi connectivity index (χ4v) is 4.98. The number of nitrogens with two attached hydrogens (primary N) is 1. The van der Waals surface area contributed by atoms with E-state index in [1.54, 1.807) is 18.3 Å². The summed E-state index contributed by atoms with van der Waals surface area (Å²) < 4.78 is 28.2. The quantitative estimate of drug-likeness (QED) is 0.728. The second-order valence-electron chi connectivity index (χ2n) is 7.89. The van der Waals surface area contributed by atoms with E-state index in [1.165, 1.54) is 6.42 Å². The van der Waals surface area contributed by atoms with Crippen LogP contribution in [-0.4, -0.2) is 16.8 Å². The van der Waals surface area contributed by atoms with Crippen LogP contribution >= 0.6 is 11.9 Å². The fourth-order valence-electron chi connectivity index (χ4n) is 4.66. The Morgan fingerprint density at radius 2 is 2.19 bits per heavy atom. The van der Waals surface area contributed by atoms with Crippen molar-refractivity contribution in [2.45, 2.75) is 62.8 Å². The van der Waals surface area contributed by atoms with Crippen molar-refractivity contribution in [1.29, 1.82) is 0 Å². The van der Waals surface area contributed by atoms with Crippen molar-refractivity contribution in [3.63, 3.8) is 0 Å². The molecule has 144 valence electrons. The van der Waals surface area contributed by atoms with Crippen LogP contribution in [0.25, 0.3) is 0 Å². The van der Waals surface area contributed by atoms with Crippen molar-refractivity contribution in [2.75, 3.05) is 5.32 Å². The van der Waals surface area contributed by atoms with Gasteiger partial charge in [0.2, 0.25) is 11.8 Å². The normalized spacial score (nSPS) is 31.4. The maximum Gasteiger partial charge on any atom is 0.248 e. The van der Waals surface area contributed by atoms with Crippen LogP contribution < -0.4 is 10.5 Å². The van der Waals surface area contributed by atoms with Gasteiger partial charge in [-0.05, 0) is 54.7 Å². The highest BCUT2D eigenvalue weighted by atomic mass is 32.2. The Hall–Kier alpha value is -1.21. The van der Waals surface area contributed by atoms with Gasteiger partial charge in [-0.1, -0.05) is 26.2 Å². The van der Waals surface area contributed by atoms with Gasteiger partial charge >= 0.3 is 0 Å². The molecule has 1 aromatic rings. The standard InChI is InChI=1S/C19H27F2N3OS/c1-12-3-2-4-13(9-12)15-5-7-19(20,21)11-16(15)18(25)24-14-6-8-23-17(10-14)26-22/h6,8,10,12-13,15-16H,2-5,7,9,11,22H2,1H3,(H,23,24,25)/t12-,13-,15?,16-/m1/s1. The van der Waals surface area contributed by atoms with E-state index >= 15 is 0 Å². The Morgan fingerprint density at radius 1 is 1.38 bits per heavy atom. The van der Waals surface area contributed by atoms with E-state index in [9.17, 15) is 13.6 Å². The lowest BCUT2D eigenvalue weighted by molar-refractivity contribution is -0.134. The van der Waals surface area contributed by atoms with Gasteiger partial charge in [-0.15, -0.1) is 0 Å². The Labute approximate surface area is 157 Å². The summed E-state index contributed by atoms with van der Waals surface area (Å²) in [6.07, 6.45) is 5.97. The highest BCUT2D eigenvalue weighted by Gasteiger charge is 2.47. The molecule has 2 aliphatic rings. The maximum atomic E-state index is 14.1. The fraction of sp³-hybridized carbons (Fsp3) is 0.684. The van der Waals surface area contributed by atoms with Gasteiger partial charge in [0.05, 0.1) is 0 Å². The van der Waals surface area contributed by atoms with Gasteiger partial charge in [0.25, 0.3) is 0 Å². The molecule has 1 unspecified atom stereocenters. The molecule has 7 heteroatoms. The van der Waals surface area contributed by atoms with E-state index in [1.807, 2.05) is 0 Å². The summed E-state index contributed by atoms with van der Waals surface area (Å²) in [5, 5.41) is 8.90. The van der Waals surface area contributed by atoms with Crippen LogP contribution in [0.5, 0.6) is 0 Å². The SMILES string of the molecule is C[C@@H]1CCC[C@@H](C2CCC(F)(F)C[C@H]2C(=O)Nc2ccnc(SN)c2)C1. The Morgan fingerprint density at radius 3 is 2.92 bits per heavy atom. The van der Waals surface area contributed by atoms with E-state index in [2.05, 4.69) is 17.2 Å². The average molecular weight is 384 g/mol. The average Bonchev–Trinajstić information content (AvgIpc) is 2.61. The molecule has 1 amide bonds. The topological polar surface area (TPSA) is 68.0 Å². The zero-order valence-corrected chi connectivity index (χ0v) is 15.9. The number of hydrogen-bond donors (Lipinski definition) is 2. The number of pyridine rings is 1. The van der Waals surface area contributed by atoms with E-state index in [-0.39, 0.29) is 24.7 Å². The van der Waals surface area contributed by atoms with Gasteiger partial charge in [0.1, 0.15) is 5.03 Å². The van der Waals surface area contributed by atoms with Gasteiger partial charge in [0.15, 0.2) is 0 Å². The summed E-state index contributed by atoms with van der Waals surface area (Å²) in [4.78, 5) is 17.0. The van der Waals surface area contributed by atoms with Crippen LogP contribution in [0, 0.1) is 23.7 Å². The lowest BCUT2D eigenvalue weighted by atomic mass is 9.65. The molecule has 0 aromatic carbocycles. The lowest BCUT2D eigenvalue weighted by Gasteiger charge is -2.42. The molecule has 0 saturated heterocycles. The third kappa shape index (κ3) is 4.74. The maximum absolute atomic E-state index is 14.1. The van der Waals surface area contributed by atoms with Crippen molar-refractivity contribution in [1.82, 2.24) is 4.98 Å². The Bertz CT molecular complexity index is 643. The van der Waals surface area contributed by atoms with E-state index < -0.39 is 11.8 Å². The summed E-state index contributed by atoms with van der Waals surface area (Å²) in [5.74, 6) is -2.66. The molecular formula is C19H27F2N3OS. The van der Waals surface area contributed by atoms with Gasteiger partial charge in [-0.3, -0.25) is 9.93 Å². The second kappa shape index (κ2) is 8.21. The molecule has 3 N–H and O–H groups in total. The van der Waals surface area contributed by atoms with Gasteiger partial charge in [-0.2, -0.15) is 0 Å². The first kappa shape index (κ1) is 19.5. The monoisotopic (exact) mass is 383 g/mol. The summed E-state index contributed by atoms with van der Waals surface area (Å²) in [5.41, 5.74) is 0.558. The van der Waals surface area contributed by atoms with Crippen LogP contribution in [0.2, 0.25) is 0 Å². The minimum Gasteiger partial charge on any atom is -0.326 e. The van der Waals surface area contributed by atoms with Crippen LogP contribution in [0.3, 0.4) is 0 Å². The summed E-state index contributed by atoms with van der Waals surface area (Å²) in [6, 6.07) is 3.33. The third-order valence-electron chi connectivity index (χ3n) is 5.92. The van der Waals surface area contributed by atoms with E-state index in [0.717, 1.165) is 31.2 Å². The molecule has 2 aliphatic carbocycles. The van der Waals surface area contributed by atoms with Crippen LogP contribution in [0.4, 0.5) is 14.5 Å². The molecule has 0 spiro atoms. The number of rotatable bonds is 4. The summed E-state index contributed by atoms with van der Waals surface area (Å²) in [7, 11) is 0. The number of alkyl halides is 2. The van der Waals surface area contributed by atoms with Gasteiger partial charge in [0, 0.05) is 30.6 Å². The molecule has 1 heterocycles. The third-order valence-corrected chi connectivity index (χ3v) is 6.39. The zero-order valence-electron chi connectivity index (χ0n) is 15.1. The summed E-state index contributed by atoms with van der Waals surface area (Å²) in [6.45, 7) is 2.22. The molecule has 0 radical (unpaired) electrons. The molecule has 2 saturated carbocycles. The number of nitrogens with zero attached hydrogens (tertiary/aromatic N) is 1. The molecule has 0 bridgehead atoms. The molecule has 0 aliphatic heterocycles. The number of nitrogens with one attached hydrogen (secondary N) is 1. The van der Waals surface area contributed by atoms with Crippen molar-refractivity contribution >= 4 is 23.5 Å². The van der Waals surface area contributed by atoms with Crippen LogP contribution in [-0.2, 0) is 4.79 Å². The van der Waals surface area contributed by atoms with E-state index in [4.69, 9.17) is 5.14 Å². The lowest BCUT2D eigenvalue weighted by Crippen LogP contribution is -2.43. The molecular weight excluding hydrogens is 356 g/mol. The molecule has 3 rings (SSSR count). The van der Waals surface area contributed by atoms with E-state index in [0.29, 0.717) is 29.0 Å². The smallest absolute Gasteiger partial charge is 0.248 e. The molecule has 4 nitrogen and oxygen atoms in total. The number of hydrogen-bond acceptors (Lipinski definition) is 4. The van der Waals surface area contributed by atoms with Crippen LogP contribution in [0.15, 0.2) is 23.4 Å². The van der Waals surface area contributed by atoms with Crippen molar-refractivity contribution in [2.24, 2.45) is 28.8 Å². The van der Waals surface area contributed by atoms with Crippen LogP contribution in [0.1, 0.15) is 51.9 Å². The zero-order chi connectivity index (χ0) is 18.7. The molecule has 26 heavy (non-hydrogen) atoms. The number of amides is 1. The minimum absolute atomic E-state index is 0.0440. The first-order valence-corrected chi connectivity index (χ1v) is 10.3. The first-order chi connectivity index (χ1) is 12.4. The number of carbonyl (C=O) groups is 1. The van der Waals surface area contributed by atoms with Gasteiger partial charge in [-0.25, -0.2) is 13.8 Å². The number of aromatic nitrogens is 1. The van der Waals surface area contributed by atoms with Crippen molar-refractivity contribution in [3.8, 4) is 0 Å². The molecule has 4 atom stereocenters. The molecule has 2 fully saturated rings. The summed E-state index contributed by atoms with van der Waals surface area (Å²) >= 11 is 0.986. The van der Waals surface area contributed by atoms with Gasteiger partial charge < -0.3 is 5.32 Å². The minimum atomic E-state index is -2.75. The predicted octanol–water partition coefficient (Wildman–Crippen LogP) is 4.86. The van der Waals surface area contributed by atoms with Crippen molar-refractivity contribution < 1.29 is 13.6 Å². The highest BCUT2D eigenvalue weighted by molar-refractivity contribution is 7.97. The Kier molecular flexibility index (Phi) is 6.17. The highest BCUT2D eigenvalue weighted by Crippen LogP contribution is 2.47. The predicted molar refractivity (Wildman–Crippen MR) is 99.8 cm³/mol. The number of halogens is 2. The second-order valence-corrected chi connectivity index (χ2v) is 8.54. The number of anilines is 1.